The highest BCUT2D eigenvalue weighted by Gasteiger charge is 2.44. The first-order chi connectivity index (χ1) is 16.4. The number of ketones is 1. The predicted octanol–water partition coefficient (Wildman–Crippen LogP) is 6.09. The van der Waals surface area contributed by atoms with Crippen molar-refractivity contribution in [3.8, 4) is 11.8 Å². The number of benzene rings is 2. The van der Waals surface area contributed by atoms with Crippen molar-refractivity contribution in [2.75, 3.05) is 0 Å². The van der Waals surface area contributed by atoms with Crippen LogP contribution in [0.25, 0.3) is 0 Å². The molecule has 0 amide bonds. The van der Waals surface area contributed by atoms with E-state index in [9.17, 15) is 14.4 Å². The summed E-state index contributed by atoms with van der Waals surface area (Å²) in [5.74, 6) is 0.357. The van der Waals surface area contributed by atoms with E-state index >= 15 is 0 Å². The summed E-state index contributed by atoms with van der Waals surface area (Å²) in [6.07, 6.45) is 0.980. The molecule has 1 aliphatic heterocycles. The van der Waals surface area contributed by atoms with Crippen molar-refractivity contribution in [1.29, 1.82) is 5.26 Å². The Bertz CT molecular complexity index is 1300. The maximum absolute atomic E-state index is 13.4. The van der Waals surface area contributed by atoms with Gasteiger partial charge < -0.3 is 15.2 Å². The van der Waals surface area contributed by atoms with E-state index in [-0.39, 0.29) is 28.5 Å². The standard InChI is InChI=1S/C29H31FN2O3/c1-15-17(3)25(18(4)16(2)22(15)14-34-20-9-7-19(30)8-10-20)26-21(13-31)28(32)35-24-12-29(5,6)11-23(33)27(24)26/h7-10,26H,11-12,14,32H2,1-6H3. The third-order valence-corrected chi connectivity index (χ3v) is 7.40. The van der Waals surface area contributed by atoms with Crippen LogP contribution in [0.5, 0.6) is 5.75 Å². The summed E-state index contributed by atoms with van der Waals surface area (Å²) in [6, 6.07) is 8.17. The third-order valence-electron chi connectivity index (χ3n) is 7.40. The lowest BCUT2D eigenvalue weighted by Gasteiger charge is -2.38. The van der Waals surface area contributed by atoms with Gasteiger partial charge in [0, 0.05) is 18.4 Å². The first-order valence-corrected chi connectivity index (χ1v) is 11.8. The van der Waals surface area contributed by atoms with Crippen LogP contribution in [-0.4, -0.2) is 5.78 Å². The molecule has 0 spiro atoms. The lowest BCUT2D eigenvalue weighted by molar-refractivity contribution is -0.119. The number of hydrogen-bond acceptors (Lipinski definition) is 5. The average Bonchev–Trinajstić information content (AvgIpc) is 2.78. The molecule has 2 aromatic rings. The van der Waals surface area contributed by atoms with Gasteiger partial charge in [0.15, 0.2) is 5.78 Å². The van der Waals surface area contributed by atoms with Crippen LogP contribution < -0.4 is 10.5 Å². The highest BCUT2D eigenvalue weighted by molar-refractivity contribution is 6.00. The van der Waals surface area contributed by atoms with E-state index in [0.29, 0.717) is 36.5 Å². The molecule has 4 rings (SSSR count). The molecule has 182 valence electrons. The molecule has 2 aliphatic rings. The van der Waals surface area contributed by atoms with E-state index in [4.69, 9.17) is 15.2 Å². The van der Waals surface area contributed by atoms with Gasteiger partial charge in [-0.15, -0.1) is 0 Å². The minimum Gasteiger partial charge on any atom is -0.489 e. The first kappa shape index (κ1) is 24.5. The Labute approximate surface area is 206 Å². The van der Waals surface area contributed by atoms with Crippen LogP contribution in [0.15, 0.2) is 47.1 Å². The van der Waals surface area contributed by atoms with Crippen molar-refractivity contribution in [2.24, 2.45) is 11.1 Å². The van der Waals surface area contributed by atoms with Crippen LogP contribution in [0.4, 0.5) is 4.39 Å². The Morgan fingerprint density at radius 3 is 2.26 bits per heavy atom. The quantitative estimate of drug-likeness (QED) is 0.580. The molecule has 0 saturated heterocycles. The van der Waals surface area contributed by atoms with E-state index < -0.39 is 5.92 Å². The van der Waals surface area contributed by atoms with Gasteiger partial charge in [0.05, 0.1) is 5.92 Å². The summed E-state index contributed by atoms with van der Waals surface area (Å²) in [6.45, 7) is 12.5. The number of rotatable bonds is 4. The Morgan fingerprint density at radius 2 is 1.69 bits per heavy atom. The molecule has 0 aromatic heterocycles. The van der Waals surface area contributed by atoms with Crippen LogP contribution >= 0.6 is 0 Å². The zero-order valence-electron chi connectivity index (χ0n) is 21.1. The summed E-state index contributed by atoms with van der Waals surface area (Å²) in [7, 11) is 0. The molecular weight excluding hydrogens is 443 g/mol. The number of halogens is 1. The van der Waals surface area contributed by atoms with Crippen LogP contribution in [0, 0.1) is 50.3 Å². The van der Waals surface area contributed by atoms with Gasteiger partial charge in [-0.2, -0.15) is 5.26 Å². The third kappa shape index (κ3) is 4.32. The SMILES string of the molecule is Cc1c(C)c(C2C(C#N)=C(N)OC3=C2C(=O)CC(C)(C)C3)c(C)c(C)c1COc1ccc(F)cc1. The number of nitrogens with two attached hydrogens (primary N) is 1. The average molecular weight is 475 g/mol. The maximum atomic E-state index is 13.4. The number of nitrogens with zero attached hydrogens (tertiary/aromatic N) is 1. The second-order valence-corrected chi connectivity index (χ2v) is 10.3. The Morgan fingerprint density at radius 1 is 1.09 bits per heavy atom. The van der Waals surface area contributed by atoms with Crippen LogP contribution in [0.1, 0.15) is 66.0 Å². The van der Waals surface area contributed by atoms with E-state index in [1.807, 2.05) is 41.5 Å². The van der Waals surface area contributed by atoms with Gasteiger partial charge in [-0.1, -0.05) is 13.8 Å². The minimum absolute atomic E-state index is 0.000624. The number of ether oxygens (including phenoxy) is 2. The number of nitriles is 1. The zero-order valence-corrected chi connectivity index (χ0v) is 21.1. The normalized spacial score (nSPS) is 19.3. The monoisotopic (exact) mass is 474 g/mol. The lowest BCUT2D eigenvalue weighted by atomic mass is 9.68. The summed E-state index contributed by atoms with van der Waals surface area (Å²) in [5, 5.41) is 10.0. The molecule has 35 heavy (non-hydrogen) atoms. The fraction of sp³-hybridized carbons (Fsp3) is 0.379. The van der Waals surface area contributed by atoms with Crippen molar-refractivity contribution < 1.29 is 18.7 Å². The molecule has 5 nitrogen and oxygen atoms in total. The number of hydrogen-bond donors (Lipinski definition) is 1. The molecule has 2 aromatic carbocycles. The molecule has 1 aliphatic carbocycles. The van der Waals surface area contributed by atoms with Crippen LogP contribution in [-0.2, 0) is 16.1 Å². The van der Waals surface area contributed by atoms with Crippen molar-refractivity contribution in [3.05, 3.63) is 86.3 Å². The van der Waals surface area contributed by atoms with Crippen LogP contribution in [0.2, 0.25) is 0 Å². The Kier molecular flexibility index (Phi) is 6.23. The van der Waals surface area contributed by atoms with E-state index in [0.717, 1.165) is 33.4 Å². The summed E-state index contributed by atoms with van der Waals surface area (Å²) >= 11 is 0. The molecule has 0 saturated carbocycles. The molecule has 0 radical (unpaired) electrons. The maximum Gasteiger partial charge on any atom is 0.205 e. The lowest BCUT2D eigenvalue weighted by Crippen LogP contribution is -2.34. The fourth-order valence-electron chi connectivity index (χ4n) is 5.33. The summed E-state index contributed by atoms with van der Waals surface area (Å²) in [5.41, 5.74) is 12.8. The molecule has 0 fully saturated rings. The van der Waals surface area contributed by atoms with Gasteiger partial charge in [-0.05, 0) is 90.8 Å². The number of carbonyl (C=O) groups excluding carboxylic acids is 1. The fourth-order valence-corrected chi connectivity index (χ4v) is 5.33. The van der Waals surface area contributed by atoms with E-state index in [2.05, 4.69) is 6.07 Å². The smallest absolute Gasteiger partial charge is 0.205 e. The Balaban J connectivity index is 1.83. The molecule has 1 atom stereocenters. The minimum atomic E-state index is -0.559. The van der Waals surface area contributed by atoms with Crippen molar-refractivity contribution in [2.45, 2.75) is 66.9 Å². The number of carbonyl (C=O) groups is 1. The highest BCUT2D eigenvalue weighted by Crippen LogP contribution is 2.50. The number of allylic oxidation sites excluding steroid dienone is 3. The molecule has 1 heterocycles. The predicted molar refractivity (Wildman–Crippen MR) is 132 cm³/mol. The van der Waals surface area contributed by atoms with Crippen molar-refractivity contribution in [1.82, 2.24) is 0 Å². The molecule has 0 bridgehead atoms. The van der Waals surface area contributed by atoms with Crippen molar-refractivity contribution in [3.63, 3.8) is 0 Å². The van der Waals surface area contributed by atoms with Gasteiger partial charge >= 0.3 is 0 Å². The molecule has 1 unspecified atom stereocenters. The highest BCUT2D eigenvalue weighted by atomic mass is 19.1. The molecule has 2 N–H and O–H groups in total. The second kappa shape index (κ2) is 8.88. The van der Waals surface area contributed by atoms with Crippen molar-refractivity contribution >= 4 is 5.78 Å². The molecule has 6 heteroatoms. The summed E-state index contributed by atoms with van der Waals surface area (Å²) < 4.78 is 25.1. The second-order valence-electron chi connectivity index (χ2n) is 10.3. The number of Topliss-reactive ketones (excluding diaryl/α,β-unsaturated/α-hetero) is 1. The van der Waals surface area contributed by atoms with E-state index in [1.54, 1.807) is 12.1 Å². The largest absolute Gasteiger partial charge is 0.489 e. The zero-order chi connectivity index (χ0) is 25.7. The van der Waals surface area contributed by atoms with Gasteiger partial charge in [-0.25, -0.2) is 4.39 Å². The van der Waals surface area contributed by atoms with Gasteiger partial charge in [0.1, 0.15) is 35.6 Å². The van der Waals surface area contributed by atoms with E-state index in [1.165, 1.54) is 12.1 Å². The van der Waals surface area contributed by atoms with Gasteiger partial charge in [-0.3, -0.25) is 4.79 Å². The van der Waals surface area contributed by atoms with Crippen LogP contribution in [0.3, 0.4) is 0 Å². The first-order valence-electron chi connectivity index (χ1n) is 11.8. The molecular formula is C29H31FN2O3. The van der Waals surface area contributed by atoms with Gasteiger partial charge in [0.2, 0.25) is 5.88 Å². The topological polar surface area (TPSA) is 85.3 Å². The van der Waals surface area contributed by atoms with Gasteiger partial charge in [0.25, 0.3) is 0 Å². The summed E-state index contributed by atoms with van der Waals surface area (Å²) in [4.78, 5) is 13.4. The Hall–Kier alpha value is -3.59.